The van der Waals surface area contributed by atoms with Gasteiger partial charge in [0.2, 0.25) is 5.91 Å². The van der Waals surface area contributed by atoms with Crippen molar-refractivity contribution >= 4 is 35.0 Å². The molecule has 0 bridgehead atoms. The Labute approximate surface area is 162 Å². The van der Waals surface area contributed by atoms with E-state index in [-0.39, 0.29) is 11.8 Å². The van der Waals surface area contributed by atoms with Crippen molar-refractivity contribution in [3.63, 3.8) is 0 Å². The van der Waals surface area contributed by atoms with E-state index in [0.717, 1.165) is 13.0 Å². The zero-order valence-corrected chi connectivity index (χ0v) is 15.7. The summed E-state index contributed by atoms with van der Waals surface area (Å²) in [5.41, 5.74) is 2.38. The van der Waals surface area contributed by atoms with Gasteiger partial charge in [0, 0.05) is 22.9 Å². The third-order valence-corrected chi connectivity index (χ3v) is 6.45. The molecule has 2 atom stereocenters. The number of carbonyl (C=O) groups excluding carboxylic acids is 1. The van der Waals surface area contributed by atoms with Crippen molar-refractivity contribution in [3.8, 4) is 0 Å². The summed E-state index contributed by atoms with van der Waals surface area (Å²) in [5.74, 6) is -1.86. The second-order valence-electron chi connectivity index (χ2n) is 6.96. The number of fused-ring (bicyclic) bond motifs is 2. The van der Waals surface area contributed by atoms with E-state index in [2.05, 4.69) is 46.6 Å². The summed E-state index contributed by atoms with van der Waals surface area (Å²) in [5, 5.41) is 12.0. The molecule has 5 nitrogen and oxygen atoms in total. The summed E-state index contributed by atoms with van der Waals surface area (Å²) in [6.07, 6.45) is 2.07. The maximum absolute atomic E-state index is 12.2. The highest BCUT2D eigenvalue weighted by atomic mass is 32.2. The van der Waals surface area contributed by atoms with E-state index in [1.807, 2.05) is 12.1 Å². The van der Waals surface area contributed by atoms with E-state index in [4.69, 9.17) is 5.11 Å². The number of carbonyl (C=O) groups is 2. The van der Waals surface area contributed by atoms with Gasteiger partial charge in [-0.3, -0.25) is 9.59 Å². The van der Waals surface area contributed by atoms with Gasteiger partial charge in [0.1, 0.15) is 0 Å². The lowest BCUT2D eigenvalue weighted by molar-refractivity contribution is -0.152. The van der Waals surface area contributed by atoms with Crippen LogP contribution in [0.5, 0.6) is 0 Å². The minimum absolute atomic E-state index is 0.122. The van der Waals surface area contributed by atoms with Gasteiger partial charge in [-0.05, 0) is 43.5 Å². The molecule has 0 saturated heterocycles. The fourth-order valence-electron chi connectivity index (χ4n) is 3.71. The van der Waals surface area contributed by atoms with E-state index in [9.17, 15) is 9.59 Å². The lowest BCUT2D eigenvalue weighted by Gasteiger charge is -2.33. The molecular weight excluding hydrogens is 360 g/mol. The first-order valence-corrected chi connectivity index (χ1v) is 10.1. The number of rotatable bonds is 6. The third-order valence-electron chi connectivity index (χ3n) is 5.32. The molecule has 0 aromatic heterocycles. The maximum atomic E-state index is 12.2. The van der Waals surface area contributed by atoms with Crippen LogP contribution in [-0.2, 0) is 9.59 Å². The molecule has 27 heavy (non-hydrogen) atoms. The zero-order chi connectivity index (χ0) is 18.8. The molecule has 2 aliphatic rings. The van der Waals surface area contributed by atoms with Crippen LogP contribution < -0.4 is 10.2 Å². The Morgan fingerprint density at radius 2 is 1.59 bits per heavy atom. The van der Waals surface area contributed by atoms with Gasteiger partial charge >= 0.3 is 5.97 Å². The van der Waals surface area contributed by atoms with Crippen LogP contribution in [-0.4, -0.2) is 30.1 Å². The molecule has 1 aliphatic heterocycles. The van der Waals surface area contributed by atoms with Gasteiger partial charge in [0.25, 0.3) is 0 Å². The molecule has 1 amide bonds. The number of carboxylic acid groups (broad SMARTS) is 1. The highest BCUT2D eigenvalue weighted by molar-refractivity contribution is 7.99. The van der Waals surface area contributed by atoms with Gasteiger partial charge in [-0.25, -0.2) is 0 Å². The fourth-order valence-corrected chi connectivity index (χ4v) is 4.81. The Kier molecular flexibility index (Phi) is 5.07. The zero-order valence-electron chi connectivity index (χ0n) is 14.9. The topological polar surface area (TPSA) is 69.6 Å². The highest BCUT2D eigenvalue weighted by Crippen LogP contribution is 2.47. The smallest absolute Gasteiger partial charge is 0.307 e. The maximum Gasteiger partial charge on any atom is 0.307 e. The van der Waals surface area contributed by atoms with Crippen LogP contribution in [0.2, 0.25) is 0 Å². The molecule has 0 spiro atoms. The van der Waals surface area contributed by atoms with Crippen molar-refractivity contribution in [1.82, 2.24) is 5.32 Å². The second kappa shape index (κ2) is 7.64. The summed E-state index contributed by atoms with van der Waals surface area (Å²) in [7, 11) is 0. The average Bonchev–Trinajstić information content (AvgIpc) is 2.63. The summed E-state index contributed by atoms with van der Waals surface area (Å²) in [4.78, 5) is 28.0. The third kappa shape index (κ3) is 3.54. The molecule has 140 valence electrons. The minimum atomic E-state index is -0.861. The van der Waals surface area contributed by atoms with Crippen molar-refractivity contribution in [1.29, 1.82) is 0 Å². The molecule has 2 unspecified atom stereocenters. The number of aliphatic carboxylic acids is 1. The number of nitrogens with zero attached hydrogens (tertiary/aromatic N) is 1. The Morgan fingerprint density at radius 3 is 2.15 bits per heavy atom. The average molecular weight is 382 g/mol. The first-order chi connectivity index (χ1) is 13.1. The Morgan fingerprint density at radius 1 is 1.00 bits per heavy atom. The molecule has 1 heterocycles. The van der Waals surface area contributed by atoms with Crippen LogP contribution in [0.25, 0.3) is 0 Å². The summed E-state index contributed by atoms with van der Waals surface area (Å²) in [6, 6.07) is 16.7. The number of para-hydroxylation sites is 2. The summed E-state index contributed by atoms with van der Waals surface area (Å²) >= 11 is 1.78. The fraction of sp³-hybridized carbons (Fsp3) is 0.333. The number of benzene rings is 2. The van der Waals surface area contributed by atoms with Gasteiger partial charge in [0.15, 0.2) is 0 Å². The Hall–Kier alpha value is -2.47. The Balaban J connectivity index is 1.38. The van der Waals surface area contributed by atoms with Gasteiger partial charge in [-0.1, -0.05) is 36.0 Å². The quantitative estimate of drug-likeness (QED) is 0.742. The first-order valence-electron chi connectivity index (χ1n) is 9.29. The number of nitrogens with one attached hydrogen (secondary N) is 1. The Bertz CT molecular complexity index is 825. The van der Waals surface area contributed by atoms with E-state index < -0.39 is 11.9 Å². The number of hydrogen-bond acceptors (Lipinski definition) is 4. The molecule has 1 saturated carbocycles. The van der Waals surface area contributed by atoms with Crippen LogP contribution >= 0.6 is 11.8 Å². The van der Waals surface area contributed by atoms with Crippen LogP contribution in [0.15, 0.2) is 58.3 Å². The molecule has 0 radical (unpaired) electrons. The first kappa shape index (κ1) is 17.9. The van der Waals surface area contributed by atoms with E-state index in [1.165, 1.54) is 21.2 Å². The lowest BCUT2D eigenvalue weighted by Crippen LogP contribution is -2.44. The minimum Gasteiger partial charge on any atom is -0.481 e. The van der Waals surface area contributed by atoms with Gasteiger partial charge < -0.3 is 15.3 Å². The predicted octanol–water partition coefficient (Wildman–Crippen LogP) is 3.91. The van der Waals surface area contributed by atoms with Crippen LogP contribution in [0.3, 0.4) is 0 Å². The molecule has 2 N–H and O–H groups in total. The number of hydrogen-bond donors (Lipinski definition) is 2. The standard InChI is InChI=1S/C21H22N2O3S/c24-20(14-10-11-15(14)21(25)26)22-12-5-13-23-16-6-1-3-8-18(16)27-19-9-4-2-7-17(19)23/h1-4,6-9,14-15H,5,10-13H2,(H,22,24)(H,25,26). The van der Waals surface area contributed by atoms with Crippen LogP contribution in [0.4, 0.5) is 11.4 Å². The molecule has 2 aromatic rings. The van der Waals surface area contributed by atoms with Crippen molar-refractivity contribution in [2.75, 3.05) is 18.0 Å². The molecular formula is C21H22N2O3S. The van der Waals surface area contributed by atoms with Gasteiger partial charge in [-0.2, -0.15) is 0 Å². The van der Waals surface area contributed by atoms with Gasteiger partial charge in [0.05, 0.1) is 23.2 Å². The van der Waals surface area contributed by atoms with Crippen molar-refractivity contribution in [2.45, 2.75) is 29.1 Å². The molecule has 2 aromatic carbocycles. The largest absolute Gasteiger partial charge is 0.481 e. The van der Waals surface area contributed by atoms with Crippen LogP contribution in [0.1, 0.15) is 19.3 Å². The van der Waals surface area contributed by atoms with E-state index >= 15 is 0 Å². The molecule has 1 aliphatic carbocycles. The number of anilines is 2. The van der Waals surface area contributed by atoms with Crippen LogP contribution in [0, 0.1) is 11.8 Å². The van der Waals surface area contributed by atoms with E-state index in [0.29, 0.717) is 19.4 Å². The predicted molar refractivity (Wildman–Crippen MR) is 105 cm³/mol. The van der Waals surface area contributed by atoms with Crippen molar-refractivity contribution in [2.24, 2.45) is 11.8 Å². The normalized spacial score (nSPS) is 20.2. The number of amides is 1. The summed E-state index contributed by atoms with van der Waals surface area (Å²) in [6.45, 7) is 1.34. The van der Waals surface area contributed by atoms with Crippen molar-refractivity contribution < 1.29 is 14.7 Å². The lowest BCUT2D eigenvalue weighted by atomic mass is 9.73. The van der Waals surface area contributed by atoms with E-state index in [1.54, 1.807) is 11.8 Å². The molecule has 4 rings (SSSR count). The molecule has 6 heteroatoms. The van der Waals surface area contributed by atoms with Crippen molar-refractivity contribution in [3.05, 3.63) is 48.5 Å². The van der Waals surface area contributed by atoms with Gasteiger partial charge in [-0.15, -0.1) is 0 Å². The second-order valence-corrected chi connectivity index (χ2v) is 8.05. The summed E-state index contributed by atoms with van der Waals surface area (Å²) < 4.78 is 0. The highest BCUT2D eigenvalue weighted by Gasteiger charge is 2.41. The SMILES string of the molecule is O=C(O)C1CCC1C(=O)NCCCN1c2ccccc2Sc2ccccc21. The monoisotopic (exact) mass is 382 g/mol. The molecule has 1 fully saturated rings. The number of carboxylic acids is 1.